The number of hydrogen-bond donors (Lipinski definition) is 2. The molecule has 2 N–H and O–H groups in total. The fourth-order valence-electron chi connectivity index (χ4n) is 1.29. The zero-order valence-electron chi connectivity index (χ0n) is 10.9. The third-order valence-corrected chi connectivity index (χ3v) is 3.35. The Labute approximate surface area is 115 Å². The number of halogens is 1. The van der Waals surface area contributed by atoms with Crippen LogP contribution in [-0.2, 0) is 11.3 Å². The quantitative estimate of drug-likeness (QED) is 0.773. The van der Waals surface area contributed by atoms with Gasteiger partial charge < -0.3 is 15.4 Å². The number of methoxy groups -OCH3 is 1. The van der Waals surface area contributed by atoms with E-state index in [0.717, 1.165) is 6.54 Å². The maximum Gasteiger partial charge on any atom is 0.283 e. The fourth-order valence-corrected chi connectivity index (χ4v) is 1.74. The molecule has 0 bridgehead atoms. The smallest absolute Gasteiger partial charge is 0.283 e. The molecule has 0 aliphatic rings. The highest BCUT2D eigenvalue weighted by Crippen LogP contribution is 2.15. The van der Waals surface area contributed by atoms with E-state index in [-0.39, 0.29) is 5.56 Å². The van der Waals surface area contributed by atoms with Gasteiger partial charge >= 0.3 is 0 Å². The number of hydrogen-bond acceptors (Lipinski definition) is 5. The molecule has 102 valence electrons. The van der Waals surface area contributed by atoms with Gasteiger partial charge in [0.1, 0.15) is 4.47 Å². The first-order valence-electron chi connectivity index (χ1n) is 5.75. The lowest BCUT2D eigenvalue weighted by Gasteiger charge is -2.14. The van der Waals surface area contributed by atoms with Gasteiger partial charge in [0.15, 0.2) is 0 Å². The van der Waals surface area contributed by atoms with Crippen molar-refractivity contribution in [3.05, 3.63) is 21.0 Å². The second-order valence-corrected chi connectivity index (χ2v) is 4.76. The van der Waals surface area contributed by atoms with Crippen molar-refractivity contribution in [3.8, 4) is 0 Å². The Balaban J connectivity index is 2.77. The molecule has 0 saturated carbocycles. The zero-order chi connectivity index (χ0) is 13.5. The van der Waals surface area contributed by atoms with E-state index < -0.39 is 0 Å². The lowest BCUT2D eigenvalue weighted by atomic mass is 10.3. The standard InChI is InChI=1S/C11H19BrN4O2/c1-8(13-2)6-14-9-7-15-16(4-5-18-3)11(17)10(9)12/h7-8,13-14H,4-6H2,1-3H3. The summed E-state index contributed by atoms with van der Waals surface area (Å²) in [7, 11) is 3.48. The lowest BCUT2D eigenvalue weighted by molar-refractivity contribution is 0.181. The molecular weight excluding hydrogens is 300 g/mol. The van der Waals surface area contributed by atoms with Crippen molar-refractivity contribution in [1.82, 2.24) is 15.1 Å². The molecule has 0 saturated heterocycles. The zero-order valence-corrected chi connectivity index (χ0v) is 12.5. The summed E-state index contributed by atoms with van der Waals surface area (Å²) >= 11 is 3.30. The molecule has 1 rings (SSSR count). The van der Waals surface area contributed by atoms with Gasteiger partial charge in [-0.3, -0.25) is 4.79 Å². The number of likely N-dealkylation sites (N-methyl/N-ethyl adjacent to an activating group) is 1. The van der Waals surface area contributed by atoms with Crippen LogP contribution in [0, 0.1) is 0 Å². The summed E-state index contributed by atoms with van der Waals surface area (Å²) in [5.74, 6) is 0. The van der Waals surface area contributed by atoms with Gasteiger partial charge in [0, 0.05) is 19.7 Å². The molecule has 0 fully saturated rings. The number of rotatable bonds is 7. The van der Waals surface area contributed by atoms with Crippen molar-refractivity contribution in [2.75, 3.05) is 32.6 Å². The van der Waals surface area contributed by atoms with Crippen LogP contribution in [0.5, 0.6) is 0 Å². The summed E-state index contributed by atoms with van der Waals surface area (Å²) in [4.78, 5) is 12.0. The summed E-state index contributed by atoms with van der Waals surface area (Å²) in [6.07, 6.45) is 1.64. The van der Waals surface area contributed by atoms with Crippen LogP contribution in [0.4, 0.5) is 5.69 Å². The molecule has 0 amide bonds. The number of anilines is 1. The number of aromatic nitrogens is 2. The van der Waals surface area contributed by atoms with Crippen molar-refractivity contribution >= 4 is 21.6 Å². The molecule has 1 atom stereocenters. The highest BCUT2D eigenvalue weighted by Gasteiger charge is 2.09. The second kappa shape index (κ2) is 7.50. The van der Waals surface area contributed by atoms with E-state index >= 15 is 0 Å². The monoisotopic (exact) mass is 318 g/mol. The van der Waals surface area contributed by atoms with Crippen LogP contribution in [0.2, 0.25) is 0 Å². The number of nitrogens with zero attached hydrogens (tertiary/aromatic N) is 2. The molecule has 18 heavy (non-hydrogen) atoms. The summed E-state index contributed by atoms with van der Waals surface area (Å²) in [6, 6.07) is 0.313. The van der Waals surface area contributed by atoms with E-state index in [1.54, 1.807) is 13.3 Å². The van der Waals surface area contributed by atoms with Gasteiger partial charge in [-0.2, -0.15) is 5.10 Å². The summed E-state index contributed by atoms with van der Waals surface area (Å²) in [6.45, 7) is 3.68. The van der Waals surface area contributed by atoms with Gasteiger partial charge in [-0.05, 0) is 29.9 Å². The molecule has 0 spiro atoms. The SMILES string of the molecule is CNC(C)CNc1cnn(CCOC)c(=O)c1Br. The average Bonchev–Trinajstić information content (AvgIpc) is 2.39. The van der Waals surface area contributed by atoms with Crippen molar-refractivity contribution in [2.45, 2.75) is 19.5 Å². The summed E-state index contributed by atoms with van der Waals surface area (Å²) < 4.78 is 6.80. The molecule has 7 heteroatoms. The Morgan fingerprint density at radius 2 is 2.33 bits per heavy atom. The molecule has 0 aromatic carbocycles. The molecule has 0 aliphatic carbocycles. The van der Waals surface area contributed by atoms with Crippen molar-refractivity contribution in [3.63, 3.8) is 0 Å². The van der Waals surface area contributed by atoms with Crippen LogP contribution in [0.1, 0.15) is 6.92 Å². The number of ether oxygens (including phenoxy) is 1. The molecule has 1 aromatic heterocycles. The first kappa shape index (κ1) is 15.1. The Kier molecular flexibility index (Phi) is 6.31. The van der Waals surface area contributed by atoms with E-state index in [4.69, 9.17) is 4.74 Å². The Morgan fingerprint density at radius 1 is 1.61 bits per heavy atom. The predicted octanol–water partition coefficient (Wildman–Crippen LogP) is 0.672. The fraction of sp³-hybridized carbons (Fsp3) is 0.636. The topological polar surface area (TPSA) is 68.2 Å². The molecule has 1 aromatic rings. The van der Waals surface area contributed by atoms with Gasteiger partial charge in [-0.15, -0.1) is 0 Å². The van der Waals surface area contributed by atoms with Crippen LogP contribution in [0.15, 0.2) is 15.5 Å². The Morgan fingerprint density at radius 3 is 2.94 bits per heavy atom. The minimum Gasteiger partial charge on any atom is -0.383 e. The van der Waals surface area contributed by atoms with Gasteiger partial charge in [0.05, 0.1) is 25.0 Å². The molecule has 0 aliphatic heterocycles. The Bertz CT molecular complexity index is 436. The molecule has 6 nitrogen and oxygen atoms in total. The highest BCUT2D eigenvalue weighted by molar-refractivity contribution is 9.10. The van der Waals surface area contributed by atoms with Crippen LogP contribution < -0.4 is 16.2 Å². The third kappa shape index (κ3) is 4.08. The Hall–Kier alpha value is -0.920. The van der Waals surface area contributed by atoms with Gasteiger partial charge in [-0.1, -0.05) is 0 Å². The average molecular weight is 319 g/mol. The third-order valence-electron chi connectivity index (χ3n) is 2.58. The van der Waals surface area contributed by atoms with Gasteiger partial charge in [0.2, 0.25) is 0 Å². The predicted molar refractivity (Wildman–Crippen MR) is 75.1 cm³/mol. The van der Waals surface area contributed by atoms with Crippen LogP contribution in [-0.4, -0.2) is 43.1 Å². The van der Waals surface area contributed by atoms with Crippen LogP contribution in [0.3, 0.4) is 0 Å². The molecule has 1 unspecified atom stereocenters. The van der Waals surface area contributed by atoms with E-state index in [2.05, 4.69) is 31.7 Å². The molecule has 0 radical (unpaired) electrons. The summed E-state index contributed by atoms with van der Waals surface area (Å²) in [5, 5.41) is 10.4. The van der Waals surface area contributed by atoms with Crippen molar-refractivity contribution < 1.29 is 4.74 Å². The lowest BCUT2D eigenvalue weighted by Crippen LogP contribution is -2.31. The first-order chi connectivity index (χ1) is 8.60. The van der Waals surface area contributed by atoms with Gasteiger partial charge in [0.25, 0.3) is 5.56 Å². The highest BCUT2D eigenvalue weighted by atomic mass is 79.9. The van der Waals surface area contributed by atoms with Crippen LogP contribution in [0.25, 0.3) is 0 Å². The van der Waals surface area contributed by atoms with E-state index in [0.29, 0.717) is 29.4 Å². The maximum absolute atomic E-state index is 12.0. The van der Waals surface area contributed by atoms with Crippen molar-refractivity contribution in [1.29, 1.82) is 0 Å². The van der Waals surface area contributed by atoms with E-state index in [1.165, 1.54) is 4.68 Å². The van der Waals surface area contributed by atoms with E-state index in [1.807, 2.05) is 14.0 Å². The largest absolute Gasteiger partial charge is 0.383 e. The minimum atomic E-state index is -0.158. The molecule has 1 heterocycles. The van der Waals surface area contributed by atoms with E-state index in [9.17, 15) is 4.79 Å². The second-order valence-electron chi connectivity index (χ2n) is 3.96. The molecular formula is C11H19BrN4O2. The van der Waals surface area contributed by atoms with Gasteiger partial charge in [-0.25, -0.2) is 4.68 Å². The maximum atomic E-state index is 12.0. The number of nitrogens with one attached hydrogen (secondary N) is 2. The first-order valence-corrected chi connectivity index (χ1v) is 6.55. The normalized spacial score (nSPS) is 12.4. The van der Waals surface area contributed by atoms with Crippen molar-refractivity contribution in [2.24, 2.45) is 0 Å². The minimum absolute atomic E-state index is 0.158. The van der Waals surface area contributed by atoms with Crippen LogP contribution >= 0.6 is 15.9 Å². The summed E-state index contributed by atoms with van der Waals surface area (Å²) in [5.41, 5.74) is 0.546.